The second-order valence-electron chi connectivity index (χ2n) is 4.49. The van der Waals surface area contributed by atoms with Crippen molar-refractivity contribution in [2.75, 3.05) is 24.3 Å². The quantitative estimate of drug-likeness (QED) is 0.902. The minimum atomic E-state index is -0.298. The molecule has 19 heavy (non-hydrogen) atoms. The van der Waals surface area contributed by atoms with E-state index >= 15 is 0 Å². The zero-order valence-electron chi connectivity index (χ0n) is 10.7. The van der Waals surface area contributed by atoms with E-state index in [1.165, 1.54) is 12.1 Å². The second kappa shape index (κ2) is 7.50. The van der Waals surface area contributed by atoms with Gasteiger partial charge in [0.25, 0.3) is 0 Å². The van der Waals surface area contributed by atoms with Crippen LogP contribution in [-0.2, 0) is 9.53 Å². The molecule has 0 saturated carbocycles. The highest BCUT2D eigenvalue weighted by Crippen LogP contribution is 2.22. The van der Waals surface area contributed by atoms with Crippen molar-refractivity contribution in [3.63, 3.8) is 0 Å². The molecule has 0 unspecified atom stereocenters. The van der Waals surface area contributed by atoms with Gasteiger partial charge in [-0.25, -0.2) is 4.39 Å². The highest BCUT2D eigenvalue weighted by Gasteiger charge is 2.14. The third-order valence-electron chi connectivity index (χ3n) is 2.98. The van der Waals surface area contributed by atoms with Crippen molar-refractivity contribution in [1.29, 1.82) is 0 Å². The third kappa shape index (κ3) is 5.20. The maximum atomic E-state index is 12.7. The predicted molar refractivity (Wildman–Crippen MR) is 75.9 cm³/mol. The lowest BCUT2D eigenvalue weighted by Crippen LogP contribution is -2.19. The van der Waals surface area contributed by atoms with Crippen LogP contribution in [0.2, 0.25) is 0 Å². The predicted octanol–water partition coefficient (Wildman–Crippen LogP) is 3.07. The number of carbonyl (C=O) groups excluding carboxylic acids is 1. The van der Waals surface area contributed by atoms with Gasteiger partial charge in [0.05, 0.1) is 0 Å². The molecule has 0 spiro atoms. The summed E-state index contributed by atoms with van der Waals surface area (Å²) in [6.07, 6.45) is 2.63. The van der Waals surface area contributed by atoms with E-state index in [-0.39, 0.29) is 11.7 Å². The molecule has 1 amide bonds. The normalized spacial score (nSPS) is 16.3. The van der Waals surface area contributed by atoms with E-state index in [0.717, 1.165) is 31.8 Å². The number of thioether (sulfide) groups is 1. The van der Waals surface area contributed by atoms with Crippen molar-refractivity contribution in [1.82, 2.24) is 0 Å². The molecular formula is C14H18FNO2S. The summed E-state index contributed by atoms with van der Waals surface area (Å²) in [5.41, 5.74) is 0.641. The van der Waals surface area contributed by atoms with Crippen LogP contribution in [0.25, 0.3) is 0 Å². The van der Waals surface area contributed by atoms with Crippen molar-refractivity contribution < 1.29 is 13.9 Å². The van der Waals surface area contributed by atoms with Gasteiger partial charge in [0.15, 0.2) is 0 Å². The zero-order valence-corrected chi connectivity index (χ0v) is 11.5. The molecule has 5 heteroatoms. The molecule has 0 aliphatic carbocycles. The van der Waals surface area contributed by atoms with E-state index < -0.39 is 0 Å². The fourth-order valence-electron chi connectivity index (χ4n) is 1.92. The van der Waals surface area contributed by atoms with Crippen molar-refractivity contribution >= 4 is 23.4 Å². The fourth-order valence-corrected chi connectivity index (χ4v) is 3.08. The summed E-state index contributed by atoms with van der Waals surface area (Å²) in [5.74, 6) is 0.497. The van der Waals surface area contributed by atoms with Crippen LogP contribution in [-0.4, -0.2) is 30.1 Å². The molecule has 1 N–H and O–H groups in total. The summed E-state index contributed by atoms with van der Waals surface area (Å²) < 4.78 is 18.0. The van der Waals surface area contributed by atoms with E-state index in [2.05, 4.69) is 5.32 Å². The molecule has 104 valence electrons. The maximum absolute atomic E-state index is 12.7. The number of ether oxygens (including phenoxy) is 1. The Kier molecular flexibility index (Phi) is 5.66. The third-order valence-corrected chi connectivity index (χ3v) is 4.36. The number of anilines is 1. The van der Waals surface area contributed by atoms with Crippen molar-refractivity contribution in [2.45, 2.75) is 24.5 Å². The summed E-state index contributed by atoms with van der Waals surface area (Å²) in [4.78, 5) is 11.7. The molecule has 1 aromatic rings. The standard InChI is InChI=1S/C14H18FNO2S/c15-11-1-3-12(4-2-11)16-14(17)7-10-19-13-5-8-18-9-6-13/h1-4,13H,5-10H2,(H,16,17). The average molecular weight is 283 g/mol. The first kappa shape index (κ1) is 14.3. The van der Waals surface area contributed by atoms with Crippen LogP contribution in [0, 0.1) is 5.82 Å². The number of carbonyl (C=O) groups is 1. The first-order valence-corrected chi connectivity index (χ1v) is 7.54. The lowest BCUT2D eigenvalue weighted by Gasteiger charge is -2.21. The molecule has 0 aromatic heterocycles. The first-order chi connectivity index (χ1) is 9.24. The molecule has 1 aromatic carbocycles. The van der Waals surface area contributed by atoms with Crippen LogP contribution in [0.3, 0.4) is 0 Å². The van der Waals surface area contributed by atoms with Crippen LogP contribution < -0.4 is 5.32 Å². The molecule has 1 aliphatic heterocycles. The fraction of sp³-hybridized carbons (Fsp3) is 0.500. The number of amides is 1. The highest BCUT2D eigenvalue weighted by molar-refractivity contribution is 7.99. The van der Waals surface area contributed by atoms with E-state index in [1.807, 2.05) is 11.8 Å². The molecule has 1 saturated heterocycles. The van der Waals surface area contributed by atoms with Crippen LogP contribution in [0.15, 0.2) is 24.3 Å². The topological polar surface area (TPSA) is 38.3 Å². The monoisotopic (exact) mass is 283 g/mol. The first-order valence-electron chi connectivity index (χ1n) is 6.49. The van der Waals surface area contributed by atoms with Crippen LogP contribution in [0.5, 0.6) is 0 Å². The van der Waals surface area contributed by atoms with Crippen molar-refractivity contribution in [3.8, 4) is 0 Å². The summed E-state index contributed by atoms with van der Waals surface area (Å²) >= 11 is 1.84. The number of benzene rings is 1. The minimum Gasteiger partial charge on any atom is -0.381 e. The Morgan fingerprint density at radius 1 is 1.32 bits per heavy atom. The highest BCUT2D eigenvalue weighted by atomic mass is 32.2. The summed E-state index contributed by atoms with van der Waals surface area (Å²) in [6.45, 7) is 1.67. The molecule has 3 nitrogen and oxygen atoms in total. The van der Waals surface area contributed by atoms with Crippen molar-refractivity contribution in [3.05, 3.63) is 30.1 Å². The maximum Gasteiger partial charge on any atom is 0.225 e. The second-order valence-corrected chi connectivity index (χ2v) is 5.90. The van der Waals surface area contributed by atoms with Gasteiger partial charge in [-0.1, -0.05) is 0 Å². The Balaban J connectivity index is 1.65. The van der Waals surface area contributed by atoms with E-state index in [1.54, 1.807) is 12.1 Å². The van der Waals surface area contributed by atoms with Crippen LogP contribution >= 0.6 is 11.8 Å². The van der Waals surface area contributed by atoms with Gasteiger partial charge < -0.3 is 10.1 Å². The number of hydrogen-bond donors (Lipinski definition) is 1. The number of hydrogen-bond acceptors (Lipinski definition) is 3. The molecule has 0 radical (unpaired) electrons. The largest absolute Gasteiger partial charge is 0.381 e. The molecule has 1 aliphatic rings. The molecule has 0 atom stereocenters. The Morgan fingerprint density at radius 3 is 2.68 bits per heavy atom. The number of nitrogens with one attached hydrogen (secondary N) is 1. The van der Waals surface area contributed by atoms with Gasteiger partial charge in [0.2, 0.25) is 5.91 Å². The SMILES string of the molecule is O=C(CCSC1CCOCC1)Nc1ccc(F)cc1. The smallest absolute Gasteiger partial charge is 0.225 e. The zero-order chi connectivity index (χ0) is 13.5. The van der Waals surface area contributed by atoms with Crippen LogP contribution in [0.4, 0.5) is 10.1 Å². The lowest BCUT2D eigenvalue weighted by atomic mass is 10.2. The minimum absolute atomic E-state index is 0.0221. The van der Waals surface area contributed by atoms with E-state index in [9.17, 15) is 9.18 Å². The van der Waals surface area contributed by atoms with E-state index in [4.69, 9.17) is 4.74 Å². The van der Waals surface area contributed by atoms with Crippen molar-refractivity contribution in [2.24, 2.45) is 0 Å². The number of rotatable bonds is 5. The van der Waals surface area contributed by atoms with E-state index in [0.29, 0.717) is 17.4 Å². The Hall–Kier alpha value is -1.07. The Bertz CT molecular complexity index is 404. The number of halogens is 1. The summed E-state index contributed by atoms with van der Waals surface area (Å²) in [6, 6.07) is 5.82. The van der Waals surface area contributed by atoms with Gasteiger partial charge in [0.1, 0.15) is 5.82 Å². The van der Waals surface area contributed by atoms with Gasteiger partial charge in [-0.15, -0.1) is 0 Å². The van der Waals surface area contributed by atoms with Gasteiger partial charge in [-0.2, -0.15) is 11.8 Å². The molecule has 0 bridgehead atoms. The molecule has 1 fully saturated rings. The molecule has 1 heterocycles. The summed E-state index contributed by atoms with van der Waals surface area (Å²) in [5, 5.41) is 3.38. The average Bonchev–Trinajstić information content (AvgIpc) is 2.43. The molecular weight excluding hydrogens is 265 g/mol. The van der Waals surface area contributed by atoms with Gasteiger partial charge in [-0.3, -0.25) is 4.79 Å². The Morgan fingerprint density at radius 2 is 2.00 bits per heavy atom. The lowest BCUT2D eigenvalue weighted by molar-refractivity contribution is -0.115. The summed E-state index contributed by atoms with van der Waals surface area (Å²) in [7, 11) is 0. The van der Waals surface area contributed by atoms with Gasteiger partial charge in [0, 0.05) is 36.3 Å². The van der Waals surface area contributed by atoms with Gasteiger partial charge >= 0.3 is 0 Å². The molecule has 2 rings (SSSR count). The Labute approximate surface area is 116 Å². The van der Waals surface area contributed by atoms with Gasteiger partial charge in [-0.05, 0) is 37.1 Å². The van der Waals surface area contributed by atoms with Crippen LogP contribution in [0.1, 0.15) is 19.3 Å².